The second kappa shape index (κ2) is 18.2. The van der Waals surface area contributed by atoms with Crippen LogP contribution in [0.25, 0.3) is 0 Å². The van der Waals surface area contributed by atoms with Gasteiger partial charge in [0.1, 0.15) is 11.5 Å². The van der Waals surface area contributed by atoms with E-state index in [-0.39, 0.29) is 35.4 Å². The molecule has 1 aliphatic carbocycles. The zero-order valence-corrected chi connectivity index (χ0v) is 38.9. The number of hydrogen-bond acceptors (Lipinski definition) is 13. The lowest BCUT2D eigenvalue weighted by atomic mass is 9.70. The molecule has 0 saturated carbocycles. The summed E-state index contributed by atoms with van der Waals surface area (Å²) in [6.07, 6.45) is 10.0. The normalized spacial score (nSPS) is 21.4. The molecule has 67 heavy (non-hydrogen) atoms. The van der Waals surface area contributed by atoms with Gasteiger partial charge in [-0.3, -0.25) is 24.8 Å². The highest BCUT2D eigenvalue weighted by molar-refractivity contribution is 7.90. The van der Waals surface area contributed by atoms with Crippen LogP contribution in [-0.4, -0.2) is 111 Å². The van der Waals surface area contributed by atoms with Gasteiger partial charge in [-0.1, -0.05) is 49.2 Å². The Morgan fingerprint density at radius 1 is 1.01 bits per heavy atom. The number of sulfonamides is 1. The lowest BCUT2D eigenvalue weighted by Gasteiger charge is -2.40. The summed E-state index contributed by atoms with van der Waals surface area (Å²) in [5, 5.41) is 16.0. The van der Waals surface area contributed by atoms with Crippen LogP contribution in [0.15, 0.2) is 113 Å². The molecule has 2 saturated heterocycles. The van der Waals surface area contributed by atoms with E-state index in [1.54, 1.807) is 18.5 Å². The average Bonchev–Trinajstić information content (AvgIpc) is 3.92. The van der Waals surface area contributed by atoms with Gasteiger partial charge in [0.15, 0.2) is 0 Å². The standard InChI is InChI=1S/C49H52ClN9O7S/c1-49(2)14-11-33(39(26-49)31-3-5-34(50)6-4-31)29-56-17-19-57(20-18-56)35-7-10-42(58-43-13-15-51-28-40(43)46-45(58)23-32-12-16-52-47(32)54-46)38(24-35)48(60)55-67(63,64)37-8-9-41(44(25-37)59(61)62)53-27-36-30-65-21-22-66-36/h3-13,15-16,24-25,28,36,39,45,52-53H,14,17-23,26-27,29-30H2,1-2H3,(H,55,60)/t36-,39?,45?/m0/s1. The van der Waals surface area contributed by atoms with Gasteiger partial charge in [0.25, 0.3) is 21.6 Å². The van der Waals surface area contributed by atoms with E-state index in [9.17, 15) is 23.3 Å². The number of pyridine rings is 1. The summed E-state index contributed by atoms with van der Waals surface area (Å²) in [5.41, 5.74) is 7.28. The van der Waals surface area contributed by atoms with Gasteiger partial charge in [-0.2, -0.15) is 0 Å². The molecule has 4 aliphatic heterocycles. The van der Waals surface area contributed by atoms with Gasteiger partial charge in [0.2, 0.25) is 0 Å². The topological polar surface area (TPSA) is 188 Å². The Hall–Kier alpha value is -6.11. The molecule has 3 atom stereocenters. The van der Waals surface area contributed by atoms with Gasteiger partial charge in [0, 0.05) is 92.5 Å². The number of halogens is 1. The van der Waals surface area contributed by atoms with E-state index in [0.29, 0.717) is 50.9 Å². The average molecular weight is 947 g/mol. The molecule has 2 aromatic heterocycles. The summed E-state index contributed by atoms with van der Waals surface area (Å²) >= 11 is 6.28. The molecule has 2 fully saturated rings. The number of H-pyrrole nitrogens is 1. The number of hydrogen-bond donors (Lipinski definition) is 3. The number of aromatic nitrogens is 2. The van der Waals surface area contributed by atoms with Crippen LogP contribution < -0.4 is 19.8 Å². The highest BCUT2D eigenvalue weighted by Gasteiger charge is 2.41. The van der Waals surface area contributed by atoms with Crippen molar-refractivity contribution in [1.29, 1.82) is 0 Å². The summed E-state index contributed by atoms with van der Waals surface area (Å²) in [5.74, 6) is 0.179. The number of aliphatic imine (C=N–C) groups is 1. The van der Waals surface area contributed by atoms with E-state index < -0.39 is 31.4 Å². The third-order valence-electron chi connectivity index (χ3n) is 13.5. The number of anilines is 4. The molecule has 1 amide bonds. The molecule has 3 aromatic carbocycles. The number of carbonyl (C=O) groups is 1. The van der Waals surface area contributed by atoms with Crippen molar-refractivity contribution in [2.75, 3.05) is 74.2 Å². The minimum absolute atomic E-state index is 0.109. The number of ether oxygens (including phenoxy) is 2. The molecular formula is C49H52ClN9O7S. The zero-order valence-electron chi connectivity index (χ0n) is 37.3. The molecule has 3 N–H and O–H groups in total. The molecule has 5 aliphatic rings. The highest BCUT2D eigenvalue weighted by atomic mass is 35.5. The number of nitrogens with one attached hydrogen (secondary N) is 3. The third kappa shape index (κ3) is 9.18. The lowest BCUT2D eigenvalue weighted by molar-refractivity contribution is -0.384. The Morgan fingerprint density at radius 2 is 1.84 bits per heavy atom. The predicted molar refractivity (Wildman–Crippen MR) is 258 cm³/mol. The van der Waals surface area contributed by atoms with E-state index in [1.807, 2.05) is 47.5 Å². The van der Waals surface area contributed by atoms with Crippen molar-refractivity contribution in [3.8, 4) is 0 Å². The van der Waals surface area contributed by atoms with Crippen molar-refractivity contribution < 1.29 is 27.6 Å². The smallest absolute Gasteiger partial charge is 0.293 e. The number of fused-ring (bicyclic) bond motifs is 4. The van der Waals surface area contributed by atoms with Crippen LogP contribution in [-0.2, 0) is 25.9 Å². The molecule has 0 radical (unpaired) electrons. The SMILES string of the molecule is CC1(C)CC=C(CN2CCN(c3ccc(N4c5ccncc5C5=Nc6[nH]ccc6CC54)c(C(=O)NS(=O)(=O)c4ccc(NC[C@H]5COCCO5)c([N+](=O)[O-])c4)c3)CC2)C(c2ccc(Cl)cc2)C1. The fourth-order valence-corrected chi connectivity index (χ4v) is 11.1. The lowest BCUT2D eigenvalue weighted by Crippen LogP contribution is -2.47. The van der Waals surface area contributed by atoms with Gasteiger partial charge in [-0.15, -0.1) is 0 Å². The van der Waals surface area contributed by atoms with Crippen LogP contribution in [0.3, 0.4) is 0 Å². The van der Waals surface area contributed by atoms with Crippen LogP contribution in [0.4, 0.5) is 34.3 Å². The molecule has 0 bridgehead atoms. The number of benzene rings is 3. The van der Waals surface area contributed by atoms with Crippen molar-refractivity contribution in [3.05, 3.63) is 140 Å². The minimum atomic E-state index is -4.63. The van der Waals surface area contributed by atoms with Gasteiger partial charge in [-0.05, 0) is 84.0 Å². The number of nitro groups is 1. The second-order valence-corrected chi connectivity index (χ2v) is 20.7. The number of rotatable bonds is 12. The maximum absolute atomic E-state index is 14.7. The maximum atomic E-state index is 14.7. The van der Waals surface area contributed by atoms with E-state index in [2.05, 4.69) is 61.9 Å². The van der Waals surface area contributed by atoms with Gasteiger partial charge in [0.05, 0.1) is 64.4 Å². The molecule has 6 heterocycles. The molecular weight excluding hydrogens is 894 g/mol. The molecule has 2 unspecified atom stereocenters. The number of allylic oxidation sites excluding steroid dienone is 1. The van der Waals surface area contributed by atoms with E-state index in [4.69, 9.17) is 26.1 Å². The zero-order chi connectivity index (χ0) is 46.5. The number of nitro benzene ring substituents is 1. The van der Waals surface area contributed by atoms with Crippen molar-refractivity contribution in [2.45, 2.75) is 56.1 Å². The summed E-state index contributed by atoms with van der Waals surface area (Å²) < 4.78 is 41.6. The maximum Gasteiger partial charge on any atom is 0.293 e. The van der Waals surface area contributed by atoms with Crippen LogP contribution in [0, 0.1) is 15.5 Å². The molecule has 10 rings (SSSR count). The number of piperazine rings is 1. The van der Waals surface area contributed by atoms with Gasteiger partial charge in [-0.25, -0.2) is 18.1 Å². The Labute approximate surface area is 394 Å². The Morgan fingerprint density at radius 3 is 2.61 bits per heavy atom. The van der Waals surface area contributed by atoms with Crippen molar-refractivity contribution >= 4 is 67.5 Å². The number of aromatic amines is 1. The fraction of sp³-hybridized carbons (Fsp3) is 0.367. The predicted octanol–water partition coefficient (Wildman–Crippen LogP) is 7.77. The number of amides is 1. The molecule has 18 heteroatoms. The van der Waals surface area contributed by atoms with Crippen molar-refractivity contribution in [1.82, 2.24) is 19.6 Å². The highest BCUT2D eigenvalue weighted by Crippen LogP contribution is 2.46. The molecule has 5 aromatic rings. The third-order valence-corrected chi connectivity index (χ3v) is 15.1. The largest absolute Gasteiger partial charge is 0.377 e. The van der Waals surface area contributed by atoms with Crippen molar-refractivity contribution in [2.24, 2.45) is 10.4 Å². The van der Waals surface area contributed by atoms with Gasteiger partial charge < -0.3 is 29.6 Å². The van der Waals surface area contributed by atoms with E-state index in [0.717, 1.165) is 77.6 Å². The minimum Gasteiger partial charge on any atom is -0.377 e. The Bertz CT molecular complexity index is 2890. The summed E-state index contributed by atoms with van der Waals surface area (Å²) in [4.78, 5) is 45.3. The van der Waals surface area contributed by atoms with Crippen LogP contribution >= 0.6 is 11.6 Å². The fourth-order valence-electron chi connectivity index (χ4n) is 10.0. The summed E-state index contributed by atoms with van der Waals surface area (Å²) in [6.45, 7) is 9.83. The quantitative estimate of drug-likeness (QED) is 0.0628. The molecule has 348 valence electrons. The van der Waals surface area contributed by atoms with Crippen molar-refractivity contribution in [3.63, 3.8) is 0 Å². The number of nitrogens with zero attached hydrogens (tertiary/aromatic N) is 6. The first kappa shape index (κ1) is 44.7. The Kier molecular flexibility index (Phi) is 12.1. The first-order valence-electron chi connectivity index (χ1n) is 22.6. The van der Waals surface area contributed by atoms with Gasteiger partial charge >= 0.3 is 0 Å². The molecule has 0 spiro atoms. The summed E-state index contributed by atoms with van der Waals surface area (Å²) in [7, 11) is -4.63. The monoisotopic (exact) mass is 945 g/mol. The first-order chi connectivity index (χ1) is 32.3. The summed E-state index contributed by atoms with van der Waals surface area (Å²) in [6, 6.07) is 20.9. The first-order valence-corrected chi connectivity index (χ1v) is 24.5. The van der Waals surface area contributed by atoms with E-state index in [1.165, 1.54) is 23.3 Å². The van der Waals surface area contributed by atoms with Crippen LogP contribution in [0.5, 0.6) is 0 Å². The van der Waals surface area contributed by atoms with Crippen LogP contribution in [0.1, 0.15) is 59.7 Å². The van der Waals surface area contributed by atoms with Crippen LogP contribution in [0.2, 0.25) is 5.02 Å². The Balaban J connectivity index is 0.936. The number of carbonyl (C=O) groups excluding carboxylic acids is 1. The second-order valence-electron chi connectivity index (χ2n) is 18.6. The molecule has 16 nitrogen and oxygen atoms in total. The van der Waals surface area contributed by atoms with E-state index >= 15 is 0 Å².